The lowest BCUT2D eigenvalue weighted by Crippen LogP contribution is -2.36. The molecule has 1 atom stereocenters. The number of piperidine rings is 1. The summed E-state index contributed by atoms with van der Waals surface area (Å²) >= 11 is 0. The summed E-state index contributed by atoms with van der Waals surface area (Å²) in [6.07, 6.45) is 6.84. The second-order valence-electron chi connectivity index (χ2n) is 6.98. The quantitative estimate of drug-likeness (QED) is 0.850. The zero-order valence-electron chi connectivity index (χ0n) is 15.5. The fourth-order valence-electron chi connectivity index (χ4n) is 3.52. The van der Waals surface area contributed by atoms with Crippen LogP contribution in [0.2, 0.25) is 0 Å². The average Bonchev–Trinajstić information content (AvgIpc) is 2.69. The van der Waals surface area contributed by atoms with Crippen molar-refractivity contribution in [3.63, 3.8) is 0 Å². The van der Waals surface area contributed by atoms with Gasteiger partial charge < -0.3 is 10.0 Å². The minimum absolute atomic E-state index is 0.323. The van der Waals surface area contributed by atoms with Gasteiger partial charge in [-0.1, -0.05) is 24.6 Å². The van der Waals surface area contributed by atoms with Gasteiger partial charge in [0.05, 0.1) is 0 Å². The van der Waals surface area contributed by atoms with Gasteiger partial charge in [-0.25, -0.2) is 4.79 Å². The van der Waals surface area contributed by atoms with Crippen LogP contribution in [0, 0.1) is 0 Å². The molecular formula is C21H25N3O3. The molecule has 0 spiro atoms. The molecule has 0 radical (unpaired) electrons. The number of amides is 1. The number of carbonyl (C=O) groups excluding carboxylic acids is 1. The first-order chi connectivity index (χ1) is 13.1. The van der Waals surface area contributed by atoms with Crippen LogP contribution in [0.4, 0.5) is 0 Å². The maximum Gasteiger partial charge on any atom is 0.331 e. The van der Waals surface area contributed by atoms with Crippen molar-refractivity contribution in [2.24, 2.45) is 0 Å². The molecular weight excluding hydrogens is 342 g/mol. The zero-order valence-corrected chi connectivity index (χ0v) is 15.5. The van der Waals surface area contributed by atoms with Gasteiger partial charge in [-0.05, 0) is 49.7 Å². The molecule has 1 aromatic carbocycles. The van der Waals surface area contributed by atoms with E-state index in [-0.39, 0.29) is 5.91 Å². The third-order valence-corrected chi connectivity index (χ3v) is 5.00. The summed E-state index contributed by atoms with van der Waals surface area (Å²) in [4.78, 5) is 32.2. The lowest BCUT2D eigenvalue weighted by molar-refractivity contribution is -0.142. The van der Waals surface area contributed by atoms with Gasteiger partial charge in [0.15, 0.2) is 6.04 Å². The van der Waals surface area contributed by atoms with Gasteiger partial charge in [-0.2, -0.15) is 0 Å². The largest absolute Gasteiger partial charge is 0.479 e. The van der Waals surface area contributed by atoms with Crippen molar-refractivity contribution in [1.29, 1.82) is 0 Å². The van der Waals surface area contributed by atoms with Crippen LogP contribution in [0.3, 0.4) is 0 Å². The summed E-state index contributed by atoms with van der Waals surface area (Å²) < 4.78 is 0. The molecule has 1 aliphatic rings. The smallest absolute Gasteiger partial charge is 0.331 e. The van der Waals surface area contributed by atoms with E-state index in [0.717, 1.165) is 25.2 Å². The van der Waals surface area contributed by atoms with Crippen LogP contribution in [0.25, 0.3) is 0 Å². The van der Waals surface area contributed by atoms with Crippen LogP contribution in [0.1, 0.15) is 46.8 Å². The highest BCUT2D eigenvalue weighted by Crippen LogP contribution is 2.21. The second-order valence-corrected chi connectivity index (χ2v) is 6.98. The van der Waals surface area contributed by atoms with E-state index in [9.17, 15) is 14.7 Å². The fraction of sp³-hybridized carbons (Fsp3) is 0.381. The van der Waals surface area contributed by atoms with Crippen molar-refractivity contribution < 1.29 is 14.7 Å². The van der Waals surface area contributed by atoms with E-state index in [1.807, 2.05) is 12.1 Å². The van der Waals surface area contributed by atoms with Crippen molar-refractivity contribution in [2.45, 2.75) is 31.8 Å². The molecule has 0 bridgehead atoms. The van der Waals surface area contributed by atoms with E-state index in [0.29, 0.717) is 11.1 Å². The van der Waals surface area contributed by atoms with Crippen LogP contribution in [0.5, 0.6) is 0 Å². The van der Waals surface area contributed by atoms with E-state index in [2.05, 4.69) is 9.88 Å². The van der Waals surface area contributed by atoms with Crippen LogP contribution in [0.15, 0.2) is 48.8 Å². The zero-order chi connectivity index (χ0) is 19.2. The topological polar surface area (TPSA) is 73.7 Å². The van der Waals surface area contributed by atoms with Crippen LogP contribution in [-0.2, 0) is 11.3 Å². The summed E-state index contributed by atoms with van der Waals surface area (Å²) in [5, 5.41) is 9.59. The molecule has 1 fully saturated rings. The van der Waals surface area contributed by atoms with Gasteiger partial charge in [-0.15, -0.1) is 0 Å². The van der Waals surface area contributed by atoms with Gasteiger partial charge in [0.25, 0.3) is 5.91 Å². The Kier molecular flexibility index (Phi) is 6.19. The molecule has 0 aliphatic carbocycles. The molecule has 0 saturated carbocycles. The number of rotatable bonds is 6. The number of nitrogens with zero attached hydrogens (tertiary/aromatic N) is 3. The molecule has 2 heterocycles. The Morgan fingerprint density at radius 3 is 2.44 bits per heavy atom. The van der Waals surface area contributed by atoms with Crippen molar-refractivity contribution in [3.05, 3.63) is 65.5 Å². The van der Waals surface area contributed by atoms with E-state index in [4.69, 9.17) is 0 Å². The first-order valence-corrected chi connectivity index (χ1v) is 9.27. The van der Waals surface area contributed by atoms with E-state index < -0.39 is 12.0 Å². The summed E-state index contributed by atoms with van der Waals surface area (Å²) in [5.41, 5.74) is 2.12. The standard InChI is InChI=1S/C21H25N3O3/c1-23(19(21(26)27)18-6-5-11-22-14-18)20(25)17-9-7-16(8-10-17)15-24-12-3-2-4-13-24/h5-11,14,19H,2-4,12-13,15H2,1H3,(H,26,27)/t19-/m1/s1. The predicted octanol–water partition coefficient (Wildman–Crippen LogP) is 2.97. The van der Waals surface area contributed by atoms with Crippen LogP contribution in [-0.4, -0.2) is 51.9 Å². The highest BCUT2D eigenvalue weighted by molar-refractivity contribution is 5.96. The van der Waals surface area contributed by atoms with E-state index in [1.54, 1.807) is 30.5 Å². The van der Waals surface area contributed by atoms with Gasteiger partial charge in [-0.3, -0.25) is 14.7 Å². The minimum Gasteiger partial charge on any atom is -0.479 e. The van der Waals surface area contributed by atoms with E-state index >= 15 is 0 Å². The number of carboxylic acid groups (broad SMARTS) is 1. The monoisotopic (exact) mass is 367 g/mol. The lowest BCUT2D eigenvalue weighted by Gasteiger charge is -2.27. The number of aromatic nitrogens is 1. The molecule has 1 N–H and O–H groups in total. The summed E-state index contributed by atoms with van der Waals surface area (Å²) in [7, 11) is 1.51. The summed E-state index contributed by atoms with van der Waals surface area (Å²) in [5.74, 6) is -1.41. The van der Waals surface area contributed by atoms with E-state index in [1.165, 1.54) is 37.4 Å². The Bertz CT molecular complexity index is 771. The summed E-state index contributed by atoms with van der Waals surface area (Å²) in [6.45, 7) is 3.13. The molecule has 6 heteroatoms. The lowest BCUT2D eigenvalue weighted by atomic mass is 10.1. The SMILES string of the molecule is CN(C(=O)c1ccc(CN2CCCCC2)cc1)[C@@H](C(=O)O)c1cccnc1. The number of aliphatic carboxylic acids is 1. The second kappa shape index (κ2) is 8.77. The number of hydrogen-bond donors (Lipinski definition) is 1. The first-order valence-electron chi connectivity index (χ1n) is 9.27. The van der Waals surface area contributed by atoms with Gasteiger partial charge in [0, 0.05) is 37.1 Å². The number of carbonyl (C=O) groups is 2. The number of likely N-dealkylation sites (N-methyl/N-ethyl adjacent to an activating group) is 1. The molecule has 1 amide bonds. The molecule has 3 rings (SSSR count). The Balaban J connectivity index is 1.71. The predicted molar refractivity (Wildman–Crippen MR) is 102 cm³/mol. The van der Waals surface area contributed by atoms with Crippen LogP contribution >= 0.6 is 0 Å². The average molecular weight is 367 g/mol. The molecule has 0 unspecified atom stereocenters. The van der Waals surface area contributed by atoms with Crippen LogP contribution < -0.4 is 0 Å². The number of hydrogen-bond acceptors (Lipinski definition) is 4. The van der Waals surface area contributed by atoms with Crippen molar-refractivity contribution in [1.82, 2.24) is 14.8 Å². The van der Waals surface area contributed by atoms with Crippen molar-refractivity contribution >= 4 is 11.9 Å². The van der Waals surface area contributed by atoms with Gasteiger partial charge >= 0.3 is 5.97 Å². The third kappa shape index (κ3) is 4.71. The highest BCUT2D eigenvalue weighted by atomic mass is 16.4. The van der Waals surface area contributed by atoms with Gasteiger partial charge in [0.1, 0.15) is 0 Å². The maximum absolute atomic E-state index is 12.8. The maximum atomic E-state index is 12.8. The third-order valence-electron chi connectivity index (χ3n) is 5.00. The molecule has 142 valence electrons. The molecule has 1 aromatic heterocycles. The molecule has 6 nitrogen and oxygen atoms in total. The minimum atomic E-state index is -1.08. The Morgan fingerprint density at radius 2 is 1.85 bits per heavy atom. The molecule has 27 heavy (non-hydrogen) atoms. The molecule has 1 saturated heterocycles. The Morgan fingerprint density at radius 1 is 1.15 bits per heavy atom. The molecule has 2 aromatic rings. The highest BCUT2D eigenvalue weighted by Gasteiger charge is 2.29. The van der Waals surface area contributed by atoms with Gasteiger partial charge in [0.2, 0.25) is 0 Å². The Labute approximate surface area is 159 Å². The fourth-order valence-corrected chi connectivity index (χ4v) is 3.52. The molecule has 1 aliphatic heterocycles. The number of pyridine rings is 1. The Hall–Kier alpha value is -2.73. The number of likely N-dealkylation sites (tertiary alicyclic amines) is 1. The number of benzene rings is 1. The summed E-state index contributed by atoms with van der Waals surface area (Å²) in [6, 6.07) is 9.72. The number of carboxylic acids is 1. The van der Waals surface area contributed by atoms with Crippen molar-refractivity contribution in [3.8, 4) is 0 Å². The first kappa shape index (κ1) is 19.0. The van der Waals surface area contributed by atoms with Crippen molar-refractivity contribution in [2.75, 3.05) is 20.1 Å². The normalized spacial score (nSPS) is 15.9.